The molecule has 0 unspecified atom stereocenters. The van der Waals surface area contributed by atoms with Crippen LogP contribution in [0.2, 0.25) is 0 Å². The van der Waals surface area contributed by atoms with E-state index >= 15 is 0 Å². The first-order valence-corrected chi connectivity index (χ1v) is 9.14. The molecular formula is C20H30O4. The molecule has 1 aliphatic rings. The van der Waals surface area contributed by atoms with Crippen molar-refractivity contribution < 1.29 is 19.1 Å². The molecule has 0 radical (unpaired) electrons. The van der Waals surface area contributed by atoms with Gasteiger partial charge in [0.25, 0.3) is 0 Å². The quantitative estimate of drug-likeness (QED) is 0.307. The van der Waals surface area contributed by atoms with Crippen LogP contribution in [0.3, 0.4) is 0 Å². The van der Waals surface area contributed by atoms with Crippen LogP contribution in [0.5, 0.6) is 0 Å². The van der Waals surface area contributed by atoms with E-state index in [-0.39, 0.29) is 0 Å². The molecule has 0 saturated carbocycles. The Morgan fingerprint density at radius 2 is 1.25 bits per heavy atom. The van der Waals surface area contributed by atoms with Gasteiger partial charge in [0.05, 0.1) is 12.5 Å². The van der Waals surface area contributed by atoms with E-state index in [0.717, 1.165) is 51.4 Å². The van der Waals surface area contributed by atoms with Crippen LogP contribution < -0.4 is 0 Å². The number of allylic oxidation sites excluding steroid dienone is 2. The highest BCUT2D eigenvalue weighted by Crippen LogP contribution is 2.27. The molecule has 24 heavy (non-hydrogen) atoms. The SMILES string of the molecule is CCCC/C=C/OC(=O)C1=C(C(=O)O/C=C/CCCC)CCCC1. The highest BCUT2D eigenvalue weighted by molar-refractivity contribution is 6.01. The highest BCUT2D eigenvalue weighted by atomic mass is 16.5. The minimum atomic E-state index is -0.427. The van der Waals surface area contributed by atoms with Gasteiger partial charge in [-0.2, -0.15) is 0 Å². The van der Waals surface area contributed by atoms with Crippen LogP contribution in [0.15, 0.2) is 35.8 Å². The molecule has 4 heteroatoms. The number of esters is 2. The molecule has 0 N–H and O–H groups in total. The van der Waals surface area contributed by atoms with Gasteiger partial charge in [0.2, 0.25) is 0 Å². The first-order valence-electron chi connectivity index (χ1n) is 9.14. The van der Waals surface area contributed by atoms with E-state index < -0.39 is 11.9 Å². The minimum absolute atomic E-state index is 0.427. The molecule has 134 valence electrons. The first-order chi connectivity index (χ1) is 11.7. The van der Waals surface area contributed by atoms with Crippen molar-refractivity contribution in [3.63, 3.8) is 0 Å². The number of carbonyl (C=O) groups excluding carboxylic acids is 2. The predicted molar refractivity (Wildman–Crippen MR) is 95.0 cm³/mol. The second kappa shape index (κ2) is 12.6. The molecule has 0 atom stereocenters. The van der Waals surface area contributed by atoms with Crippen molar-refractivity contribution in [3.05, 3.63) is 35.8 Å². The highest BCUT2D eigenvalue weighted by Gasteiger charge is 2.25. The summed E-state index contributed by atoms with van der Waals surface area (Å²) < 4.78 is 10.3. The summed E-state index contributed by atoms with van der Waals surface area (Å²) in [4.78, 5) is 24.4. The fourth-order valence-electron chi connectivity index (χ4n) is 2.50. The van der Waals surface area contributed by atoms with Crippen LogP contribution in [-0.4, -0.2) is 11.9 Å². The molecule has 0 saturated heterocycles. The van der Waals surface area contributed by atoms with E-state index in [2.05, 4.69) is 13.8 Å². The number of unbranched alkanes of at least 4 members (excludes halogenated alkanes) is 4. The van der Waals surface area contributed by atoms with Crippen LogP contribution in [0.4, 0.5) is 0 Å². The maximum Gasteiger partial charge on any atom is 0.339 e. The molecule has 0 amide bonds. The third kappa shape index (κ3) is 7.62. The minimum Gasteiger partial charge on any atom is -0.431 e. The Morgan fingerprint density at radius 3 is 1.62 bits per heavy atom. The summed E-state index contributed by atoms with van der Waals surface area (Å²) in [6, 6.07) is 0. The van der Waals surface area contributed by atoms with Gasteiger partial charge in [-0.1, -0.05) is 26.7 Å². The van der Waals surface area contributed by atoms with Gasteiger partial charge in [0.1, 0.15) is 0 Å². The van der Waals surface area contributed by atoms with Crippen LogP contribution in [-0.2, 0) is 19.1 Å². The maximum absolute atomic E-state index is 12.2. The van der Waals surface area contributed by atoms with Gasteiger partial charge in [-0.05, 0) is 63.5 Å². The normalized spacial score (nSPS) is 15.2. The van der Waals surface area contributed by atoms with Crippen molar-refractivity contribution >= 4 is 11.9 Å². The van der Waals surface area contributed by atoms with Crippen LogP contribution in [0, 0.1) is 0 Å². The van der Waals surface area contributed by atoms with Crippen molar-refractivity contribution in [1.29, 1.82) is 0 Å². The first kappa shape index (κ1) is 20.2. The van der Waals surface area contributed by atoms with Gasteiger partial charge in [0.15, 0.2) is 0 Å². The van der Waals surface area contributed by atoms with Crippen LogP contribution >= 0.6 is 0 Å². The summed E-state index contributed by atoms with van der Waals surface area (Å²) in [5, 5.41) is 0. The van der Waals surface area contributed by atoms with E-state index in [1.54, 1.807) is 0 Å². The van der Waals surface area contributed by atoms with E-state index in [1.807, 2.05) is 12.2 Å². The third-order valence-electron chi connectivity index (χ3n) is 3.95. The average Bonchev–Trinajstić information content (AvgIpc) is 2.61. The standard InChI is InChI=1S/C20H30O4/c1-3-5-7-11-15-23-19(21)17-13-9-10-14-18(17)20(22)24-16-12-8-6-4-2/h11-12,15-16H,3-10,13-14H2,1-2H3/b15-11+,16-12+. The Labute approximate surface area is 145 Å². The molecule has 1 aliphatic carbocycles. The second-order valence-corrected chi connectivity index (χ2v) is 6.00. The molecule has 0 spiro atoms. The number of hydrogen-bond donors (Lipinski definition) is 0. The summed E-state index contributed by atoms with van der Waals surface area (Å²) in [5.74, 6) is -0.853. The lowest BCUT2D eigenvalue weighted by atomic mass is 9.92. The lowest BCUT2D eigenvalue weighted by molar-refractivity contribution is -0.137. The number of hydrogen-bond acceptors (Lipinski definition) is 4. The van der Waals surface area contributed by atoms with Crippen molar-refractivity contribution in [1.82, 2.24) is 0 Å². The molecule has 4 nitrogen and oxygen atoms in total. The smallest absolute Gasteiger partial charge is 0.339 e. The Kier molecular flexibility index (Phi) is 10.6. The fourth-order valence-corrected chi connectivity index (χ4v) is 2.50. The van der Waals surface area contributed by atoms with Gasteiger partial charge in [-0.15, -0.1) is 0 Å². The van der Waals surface area contributed by atoms with Crippen LogP contribution in [0.1, 0.15) is 78.1 Å². The summed E-state index contributed by atoms with van der Waals surface area (Å²) in [6.45, 7) is 4.22. The van der Waals surface area contributed by atoms with E-state index in [4.69, 9.17) is 9.47 Å². The molecule has 0 aromatic heterocycles. The zero-order chi connectivity index (χ0) is 17.6. The summed E-state index contributed by atoms with van der Waals surface area (Å²) in [5.41, 5.74) is 0.932. The van der Waals surface area contributed by atoms with Gasteiger partial charge >= 0.3 is 11.9 Å². The van der Waals surface area contributed by atoms with Crippen molar-refractivity contribution in [2.75, 3.05) is 0 Å². The summed E-state index contributed by atoms with van der Waals surface area (Å²) >= 11 is 0. The lowest BCUT2D eigenvalue weighted by Gasteiger charge is -2.16. The molecule has 1 rings (SSSR count). The zero-order valence-electron chi connectivity index (χ0n) is 15.0. The number of rotatable bonds is 10. The van der Waals surface area contributed by atoms with Gasteiger partial charge in [-0.3, -0.25) is 0 Å². The van der Waals surface area contributed by atoms with Gasteiger partial charge in [-0.25, -0.2) is 9.59 Å². The number of ether oxygens (including phenoxy) is 2. The predicted octanol–water partition coefficient (Wildman–Crippen LogP) is 5.35. The Bertz CT molecular complexity index is 442. The maximum atomic E-state index is 12.2. The average molecular weight is 334 g/mol. The molecule has 0 fully saturated rings. The Morgan fingerprint density at radius 1 is 0.833 bits per heavy atom. The molecule has 0 bridgehead atoms. The van der Waals surface area contributed by atoms with Crippen molar-refractivity contribution in [2.45, 2.75) is 78.1 Å². The fraction of sp³-hybridized carbons (Fsp3) is 0.600. The van der Waals surface area contributed by atoms with Crippen molar-refractivity contribution in [3.8, 4) is 0 Å². The molecular weight excluding hydrogens is 304 g/mol. The summed E-state index contributed by atoms with van der Waals surface area (Å²) in [6.07, 6.45) is 15.6. The molecule has 0 aromatic carbocycles. The zero-order valence-corrected chi connectivity index (χ0v) is 15.0. The Balaban J connectivity index is 2.62. The van der Waals surface area contributed by atoms with E-state index in [9.17, 15) is 9.59 Å². The molecule has 0 heterocycles. The summed E-state index contributed by atoms with van der Waals surface area (Å²) in [7, 11) is 0. The largest absolute Gasteiger partial charge is 0.431 e. The lowest BCUT2D eigenvalue weighted by Crippen LogP contribution is -2.17. The molecule has 0 aliphatic heterocycles. The number of carbonyl (C=O) groups is 2. The molecule has 0 aromatic rings. The van der Waals surface area contributed by atoms with Gasteiger partial charge in [0, 0.05) is 11.1 Å². The topological polar surface area (TPSA) is 52.6 Å². The van der Waals surface area contributed by atoms with E-state index in [1.165, 1.54) is 12.5 Å². The van der Waals surface area contributed by atoms with Crippen molar-refractivity contribution in [2.24, 2.45) is 0 Å². The third-order valence-corrected chi connectivity index (χ3v) is 3.95. The Hall–Kier alpha value is -1.84. The van der Waals surface area contributed by atoms with Crippen LogP contribution in [0.25, 0.3) is 0 Å². The van der Waals surface area contributed by atoms with Gasteiger partial charge < -0.3 is 9.47 Å². The van der Waals surface area contributed by atoms with E-state index in [0.29, 0.717) is 24.0 Å². The monoisotopic (exact) mass is 334 g/mol. The second-order valence-electron chi connectivity index (χ2n) is 6.00.